The van der Waals surface area contributed by atoms with Gasteiger partial charge in [-0.2, -0.15) is 0 Å². The summed E-state index contributed by atoms with van der Waals surface area (Å²) >= 11 is 0. The zero-order valence-electron chi connectivity index (χ0n) is 16.5. The van der Waals surface area contributed by atoms with Crippen molar-refractivity contribution in [1.29, 1.82) is 0 Å². The molecule has 0 spiro atoms. The zero-order valence-corrected chi connectivity index (χ0v) is 16.5. The summed E-state index contributed by atoms with van der Waals surface area (Å²) in [4.78, 5) is 16.1. The van der Waals surface area contributed by atoms with Gasteiger partial charge in [0.15, 0.2) is 0 Å². The molecule has 0 bridgehead atoms. The molecule has 4 rings (SSSR count). The molecule has 0 saturated heterocycles. The summed E-state index contributed by atoms with van der Waals surface area (Å²) in [6.07, 6.45) is 7.00. The Balaban J connectivity index is 1.69. The Kier molecular flexibility index (Phi) is 5.71. The minimum atomic E-state index is -0.180. The molecule has 0 saturated carbocycles. The third kappa shape index (κ3) is 4.37. The van der Waals surface area contributed by atoms with Crippen molar-refractivity contribution in [3.05, 3.63) is 95.8 Å². The number of fused-ring (bicyclic) bond motifs is 1. The van der Waals surface area contributed by atoms with E-state index in [0.29, 0.717) is 12.8 Å². The van der Waals surface area contributed by atoms with Gasteiger partial charge >= 0.3 is 5.97 Å². The molecule has 4 nitrogen and oxygen atoms in total. The summed E-state index contributed by atoms with van der Waals surface area (Å²) in [7, 11) is 1.43. The fourth-order valence-electron chi connectivity index (χ4n) is 3.66. The normalized spacial score (nSPS) is 10.9. The van der Waals surface area contributed by atoms with Gasteiger partial charge in [0.25, 0.3) is 0 Å². The lowest BCUT2D eigenvalue weighted by molar-refractivity contribution is -0.140. The van der Waals surface area contributed by atoms with Gasteiger partial charge in [0.1, 0.15) is 5.82 Å². The number of carbonyl (C=O) groups excluding carboxylic acids is 1. The van der Waals surface area contributed by atoms with Gasteiger partial charge in [-0.1, -0.05) is 42.5 Å². The van der Waals surface area contributed by atoms with Gasteiger partial charge < -0.3 is 9.30 Å². The van der Waals surface area contributed by atoms with E-state index in [1.807, 2.05) is 30.5 Å². The van der Waals surface area contributed by atoms with Crippen molar-refractivity contribution in [2.24, 2.45) is 0 Å². The summed E-state index contributed by atoms with van der Waals surface area (Å²) in [5, 5.41) is 1.22. The van der Waals surface area contributed by atoms with Gasteiger partial charge in [-0.05, 0) is 60.2 Å². The molecule has 29 heavy (non-hydrogen) atoms. The van der Waals surface area contributed by atoms with Crippen LogP contribution >= 0.6 is 0 Å². The van der Waals surface area contributed by atoms with Gasteiger partial charge in [0.2, 0.25) is 0 Å². The fraction of sp³-hybridized carbons (Fsp3) is 0.200. The van der Waals surface area contributed by atoms with Crippen LogP contribution in [0.4, 0.5) is 0 Å². The first-order chi connectivity index (χ1) is 14.2. The molecule has 0 atom stereocenters. The Hall–Kier alpha value is -3.40. The molecule has 4 heteroatoms. The first-order valence-corrected chi connectivity index (χ1v) is 9.89. The molecular formula is C25H24N2O2. The summed E-state index contributed by atoms with van der Waals surface area (Å²) in [5.74, 6) is 0.728. The number of ether oxygens (including phenoxy) is 1. The highest BCUT2D eigenvalue weighted by molar-refractivity contribution is 5.86. The molecule has 2 aromatic heterocycles. The molecule has 2 aromatic carbocycles. The highest BCUT2D eigenvalue weighted by Gasteiger charge is 2.12. The average molecular weight is 384 g/mol. The number of carbonyl (C=O) groups is 1. The summed E-state index contributed by atoms with van der Waals surface area (Å²) in [6, 6.07) is 22.9. The highest BCUT2D eigenvalue weighted by Crippen LogP contribution is 2.27. The van der Waals surface area contributed by atoms with Crippen molar-refractivity contribution in [1.82, 2.24) is 9.55 Å². The lowest BCUT2D eigenvalue weighted by Crippen LogP contribution is -2.02. The molecule has 0 aliphatic carbocycles. The number of benzene rings is 2. The maximum absolute atomic E-state index is 11.5. The SMILES string of the molecule is COC(=O)CCc1ccc2c(c1)c(CCc1ccccc1)cn2-c1ccccn1. The van der Waals surface area contributed by atoms with Crippen molar-refractivity contribution in [3.8, 4) is 5.82 Å². The molecule has 0 radical (unpaired) electrons. The van der Waals surface area contributed by atoms with E-state index in [9.17, 15) is 4.79 Å². The number of esters is 1. The Morgan fingerprint density at radius 3 is 2.52 bits per heavy atom. The second-order valence-corrected chi connectivity index (χ2v) is 7.13. The smallest absolute Gasteiger partial charge is 0.305 e. The van der Waals surface area contributed by atoms with Crippen LogP contribution in [0.15, 0.2) is 79.1 Å². The number of pyridine rings is 1. The van der Waals surface area contributed by atoms with Gasteiger partial charge in [-0.15, -0.1) is 0 Å². The number of rotatable bonds is 7. The predicted octanol–water partition coefficient (Wildman–Crippen LogP) is 4.92. The van der Waals surface area contributed by atoms with Crippen LogP contribution in [-0.4, -0.2) is 22.6 Å². The van der Waals surface area contributed by atoms with E-state index >= 15 is 0 Å². The van der Waals surface area contributed by atoms with E-state index in [0.717, 1.165) is 29.7 Å². The number of nitrogens with zero attached hydrogens (tertiary/aromatic N) is 2. The summed E-state index contributed by atoms with van der Waals surface area (Å²) in [5.41, 5.74) is 4.89. The Bertz CT molecular complexity index is 1100. The van der Waals surface area contributed by atoms with Crippen LogP contribution < -0.4 is 0 Å². The van der Waals surface area contributed by atoms with Gasteiger partial charge in [0, 0.05) is 24.2 Å². The minimum absolute atomic E-state index is 0.180. The molecule has 146 valence electrons. The van der Waals surface area contributed by atoms with Crippen LogP contribution in [0.5, 0.6) is 0 Å². The molecule has 0 aliphatic heterocycles. The van der Waals surface area contributed by atoms with Crippen LogP contribution in [0.25, 0.3) is 16.7 Å². The third-order valence-electron chi connectivity index (χ3n) is 5.22. The predicted molar refractivity (Wildman–Crippen MR) is 115 cm³/mol. The quantitative estimate of drug-likeness (QED) is 0.425. The number of aromatic nitrogens is 2. The summed E-state index contributed by atoms with van der Waals surface area (Å²) < 4.78 is 6.93. The largest absolute Gasteiger partial charge is 0.469 e. The second kappa shape index (κ2) is 8.74. The van der Waals surface area contributed by atoms with Crippen LogP contribution in [-0.2, 0) is 28.8 Å². The van der Waals surface area contributed by atoms with E-state index in [-0.39, 0.29) is 5.97 Å². The van der Waals surface area contributed by atoms with Crippen LogP contribution in [0, 0.1) is 0 Å². The van der Waals surface area contributed by atoms with Crippen LogP contribution in [0.2, 0.25) is 0 Å². The molecule has 0 amide bonds. The van der Waals surface area contributed by atoms with Crippen LogP contribution in [0.1, 0.15) is 23.1 Å². The van der Waals surface area contributed by atoms with E-state index in [2.05, 4.69) is 58.2 Å². The van der Waals surface area contributed by atoms with E-state index < -0.39 is 0 Å². The number of methoxy groups -OCH3 is 1. The summed E-state index contributed by atoms with van der Waals surface area (Å²) in [6.45, 7) is 0. The first-order valence-electron chi connectivity index (χ1n) is 9.89. The topological polar surface area (TPSA) is 44.1 Å². The number of hydrogen-bond donors (Lipinski definition) is 0. The van der Waals surface area contributed by atoms with E-state index in [1.165, 1.54) is 23.6 Å². The Morgan fingerprint density at radius 2 is 1.76 bits per heavy atom. The standard InChI is InChI=1S/C25H24N2O2/c1-29-25(28)15-12-20-11-14-23-22(17-20)21(13-10-19-7-3-2-4-8-19)18-27(23)24-9-5-6-16-26-24/h2-9,11,14,16-18H,10,12-13,15H2,1H3. The second-order valence-electron chi connectivity index (χ2n) is 7.13. The Labute approximate surface area is 170 Å². The molecule has 0 aliphatic rings. The lowest BCUT2D eigenvalue weighted by atomic mass is 10.0. The molecule has 0 N–H and O–H groups in total. The molecular weight excluding hydrogens is 360 g/mol. The van der Waals surface area contributed by atoms with Gasteiger partial charge in [-0.3, -0.25) is 4.79 Å². The van der Waals surface area contributed by atoms with Crippen molar-refractivity contribution in [3.63, 3.8) is 0 Å². The lowest BCUT2D eigenvalue weighted by Gasteiger charge is -2.05. The van der Waals surface area contributed by atoms with Gasteiger partial charge in [0.05, 0.1) is 12.6 Å². The zero-order chi connectivity index (χ0) is 20.1. The van der Waals surface area contributed by atoms with E-state index in [4.69, 9.17) is 4.74 Å². The van der Waals surface area contributed by atoms with Crippen molar-refractivity contribution in [2.45, 2.75) is 25.7 Å². The Morgan fingerprint density at radius 1 is 0.931 bits per heavy atom. The maximum atomic E-state index is 11.5. The molecule has 4 aromatic rings. The van der Waals surface area contributed by atoms with E-state index in [1.54, 1.807) is 0 Å². The third-order valence-corrected chi connectivity index (χ3v) is 5.22. The van der Waals surface area contributed by atoms with Crippen molar-refractivity contribution in [2.75, 3.05) is 7.11 Å². The molecule has 0 fully saturated rings. The fourth-order valence-corrected chi connectivity index (χ4v) is 3.66. The number of aryl methyl sites for hydroxylation is 3. The maximum Gasteiger partial charge on any atom is 0.305 e. The van der Waals surface area contributed by atoms with Crippen LogP contribution in [0.3, 0.4) is 0 Å². The molecule has 2 heterocycles. The monoisotopic (exact) mass is 384 g/mol. The first kappa shape index (κ1) is 18.9. The van der Waals surface area contributed by atoms with Crippen molar-refractivity contribution >= 4 is 16.9 Å². The minimum Gasteiger partial charge on any atom is -0.469 e. The van der Waals surface area contributed by atoms with Gasteiger partial charge in [-0.25, -0.2) is 4.98 Å². The average Bonchev–Trinajstić information content (AvgIpc) is 3.15. The number of hydrogen-bond acceptors (Lipinski definition) is 3. The van der Waals surface area contributed by atoms with Crippen molar-refractivity contribution < 1.29 is 9.53 Å². The molecule has 0 unspecified atom stereocenters. The highest BCUT2D eigenvalue weighted by atomic mass is 16.5.